The highest BCUT2D eigenvalue weighted by atomic mass is 79.9. The summed E-state index contributed by atoms with van der Waals surface area (Å²) in [7, 11) is 0. The third-order valence-electron chi connectivity index (χ3n) is 10.3. The number of aromatic nitrogens is 1. The highest BCUT2D eigenvalue weighted by molar-refractivity contribution is 9.12. The predicted octanol–water partition coefficient (Wildman–Crippen LogP) is 8.20. The number of imide groups is 1. The number of carbonyl (C=O) groups excluding carboxylic acids is 4. The van der Waals surface area contributed by atoms with E-state index in [1.165, 1.54) is 4.90 Å². The van der Waals surface area contributed by atoms with E-state index in [1.807, 2.05) is 79.7 Å². The second-order valence-electron chi connectivity index (χ2n) is 13.0. The smallest absolute Gasteiger partial charge is 0.339 e. The normalized spacial score (nSPS) is 24.0. The number of amides is 2. The Morgan fingerprint density at radius 2 is 1.39 bits per heavy atom. The molecule has 1 aliphatic heterocycles. The number of hydrogen-bond donors (Lipinski definition) is 0. The van der Waals surface area contributed by atoms with Crippen LogP contribution in [0.5, 0.6) is 0 Å². The lowest BCUT2D eigenvalue weighted by atomic mass is 9.81. The molecule has 3 fully saturated rings. The van der Waals surface area contributed by atoms with Gasteiger partial charge in [-0.25, -0.2) is 9.78 Å². The highest BCUT2D eigenvalue weighted by Crippen LogP contribution is 2.60. The van der Waals surface area contributed by atoms with Gasteiger partial charge in [0.15, 0.2) is 12.4 Å². The summed E-state index contributed by atoms with van der Waals surface area (Å²) in [5.41, 5.74) is 6.06. The van der Waals surface area contributed by atoms with Crippen molar-refractivity contribution in [2.24, 2.45) is 23.7 Å². The molecule has 0 N–H and O–H groups in total. The Morgan fingerprint density at radius 3 is 2.04 bits per heavy atom. The van der Waals surface area contributed by atoms with Crippen molar-refractivity contribution in [3.63, 3.8) is 0 Å². The molecule has 8 rings (SSSR count). The van der Waals surface area contributed by atoms with E-state index >= 15 is 0 Å². The lowest BCUT2D eigenvalue weighted by molar-refractivity contribution is -0.123. The summed E-state index contributed by atoms with van der Waals surface area (Å²) in [5, 5.41) is 0.620. The summed E-state index contributed by atoms with van der Waals surface area (Å²) >= 11 is 7.49. The summed E-state index contributed by atoms with van der Waals surface area (Å²) in [6, 6.07) is 31.5. The average Bonchev–Trinajstić information content (AvgIpc) is 3.75. The fourth-order valence-corrected chi connectivity index (χ4v) is 9.74. The van der Waals surface area contributed by atoms with Gasteiger partial charge in [-0.1, -0.05) is 117 Å². The van der Waals surface area contributed by atoms with Gasteiger partial charge in [0, 0.05) is 26.2 Å². The molecule has 0 radical (unpaired) electrons. The number of nitrogens with zero attached hydrogens (tertiary/aromatic N) is 2. The first-order chi connectivity index (χ1) is 23.7. The molecule has 1 aromatic heterocycles. The van der Waals surface area contributed by atoms with Crippen molar-refractivity contribution in [2.75, 3.05) is 11.5 Å². The number of esters is 1. The van der Waals surface area contributed by atoms with E-state index in [0.717, 1.165) is 23.1 Å². The molecule has 0 spiro atoms. The summed E-state index contributed by atoms with van der Waals surface area (Å²) < 4.78 is 5.58. The van der Waals surface area contributed by atoms with Crippen molar-refractivity contribution in [2.45, 2.75) is 23.0 Å². The molecule has 2 saturated carbocycles. The monoisotopic (exact) mass is 776 g/mol. The minimum absolute atomic E-state index is 0.134. The molecule has 9 heteroatoms. The third-order valence-corrected chi connectivity index (χ3v) is 13.5. The Bertz CT molecular complexity index is 2120. The minimum Gasteiger partial charge on any atom is -0.454 e. The third kappa shape index (κ3) is 5.34. The summed E-state index contributed by atoms with van der Waals surface area (Å²) in [6.07, 6.45) is 0.874. The summed E-state index contributed by atoms with van der Waals surface area (Å²) in [4.78, 5) is 60.2. The molecule has 3 aliphatic rings. The molecule has 5 aromatic rings. The van der Waals surface area contributed by atoms with Crippen LogP contribution in [0.2, 0.25) is 0 Å². The summed E-state index contributed by atoms with van der Waals surface area (Å²) in [5.74, 6) is -1.52. The second-order valence-corrected chi connectivity index (χ2v) is 15.1. The first-order valence-corrected chi connectivity index (χ1v) is 18.1. The van der Waals surface area contributed by atoms with Gasteiger partial charge in [0.25, 0.3) is 0 Å². The number of anilines is 1. The molecule has 1 saturated heterocycles. The van der Waals surface area contributed by atoms with E-state index in [-0.39, 0.29) is 50.9 Å². The number of fused-ring (bicyclic) bond motifs is 6. The number of aryl methyl sites for hydroxylation is 1. The number of ketones is 1. The van der Waals surface area contributed by atoms with Crippen LogP contribution in [0.3, 0.4) is 0 Å². The van der Waals surface area contributed by atoms with Crippen LogP contribution in [0.1, 0.15) is 32.7 Å². The maximum atomic E-state index is 13.6. The van der Waals surface area contributed by atoms with Crippen molar-refractivity contribution in [1.82, 2.24) is 4.98 Å². The molecule has 49 heavy (non-hydrogen) atoms. The molecule has 7 nitrogen and oxygen atoms in total. The van der Waals surface area contributed by atoms with Crippen LogP contribution < -0.4 is 4.90 Å². The maximum Gasteiger partial charge on any atom is 0.339 e. The minimum atomic E-state index is -0.630. The van der Waals surface area contributed by atoms with Crippen molar-refractivity contribution >= 4 is 72.0 Å². The molecule has 4 aromatic carbocycles. The zero-order valence-electron chi connectivity index (χ0n) is 26.4. The lowest BCUT2D eigenvalue weighted by Gasteiger charge is -2.28. The Kier molecular flexibility index (Phi) is 8.07. The quantitative estimate of drug-likeness (QED) is 0.0717. The van der Waals surface area contributed by atoms with Gasteiger partial charge in [0.05, 0.1) is 34.3 Å². The van der Waals surface area contributed by atoms with Crippen LogP contribution in [-0.4, -0.2) is 44.8 Å². The number of pyridine rings is 1. The molecular formula is C40H30Br2N2O5. The molecule has 6 atom stereocenters. The van der Waals surface area contributed by atoms with E-state index in [4.69, 9.17) is 9.72 Å². The molecule has 2 heterocycles. The summed E-state index contributed by atoms with van der Waals surface area (Å²) in [6.45, 7) is 1.51. The van der Waals surface area contributed by atoms with E-state index < -0.39 is 12.6 Å². The molecule has 2 amide bonds. The van der Waals surface area contributed by atoms with Crippen molar-refractivity contribution < 1.29 is 23.9 Å². The first kappa shape index (κ1) is 31.8. The Morgan fingerprint density at radius 1 is 0.776 bits per heavy atom. The zero-order chi connectivity index (χ0) is 34.0. The molecule has 6 unspecified atom stereocenters. The van der Waals surface area contributed by atoms with Crippen LogP contribution in [-0.2, 0) is 14.3 Å². The Balaban J connectivity index is 1.03. The van der Waals surface area contributed by atoms with Gasteiger partial charge < -0.3 is 4.74 Å². The second kappa shape index (κ2) is 12.4. The number of benzene rings is 4. The highest BCUT2D eigenvalue weighted by Gasteiger charge is 2.66. The van der Waals surface area contributed by atoms with Crippen LogP contribution in [0.15, 0.2) is 103 Å². The Hall–Kier alpha value is -4.47. The number of halogens is 2. The van der Waals surface area contributed by atoms with Gasteiger partial charge in [-0.05, 0) is 60.1 Å². The van der Waals surface area contributed by atoms with Gasteiger partial charge in [-0.3, -0.25) is 19.3 Å². The van der Waals surface area contributed by atoms with Gasteiger partial charge in [0.1, 0.15) is 0 Å². The molecular weight excluding hydrogens is 748 g/mol. The van der Waals surface area contributed by atoms with E-state index in [1.54, 1.807) is 30.3 Å². The van der Waals surface area contributed by atoms with Gasteiger partial charge in [-0.2, -0.15) is 0 Å². The van der Waals surface area contributed by atoms with Crippen LogP contribution in [0.25, 0.3) is 33.3 Å². The van der Waals surface area contributed by atoms with Gasteiger partial charge in [-0.15, -0.1) is 0 Å². The van der Waals surface area contributed by atoms with Gasteiger partial charge in [0.2, 0.25) is 11.8 Å². The number of carbonyl (C=O) groups is 4. The number of para-hydroxylation sites is 1. The predicted molar refractivity (Wildman–Crippen MR) is 195 cm³/mol. The molecule has 2 bridgehead atoms. The number of Topliss-reactive ketones (excluding diaryl/α,β-unsaturated/α-hetero) is 1. The largest absolute Gasteiger partial charge is 0.454 e. The number of alkyl halides is 2. The topological polar surface area (TPSA) is 93.6 Å². The molecule has 2 aliphatic carbocycles. The van der Waals surface area contributed by atoms with Crippen LogP contribution >= 0.6 is 31.9 Å². The Labute approximate surface area is 299 Å². The van der Waals surface area contributed by atoms with Crippen molar-refractivity contribution in [3.05, 3.63) is 120 Å². The standard InChI is InChI=1S/C40H30Br2N2O5/c1-21-6-5-9-27-28(40(48)49-20-32(45)25-12-10-23(11-13-25)22-7-3-2-4-8-22)19-31(43-37(21)27)24-14-16-26(17-15-24)44-38(46)33-29-18-30(34(33)39(44)47)36(42)35(29)41/h2-17,19,29-30,33-36H,18,20H2,1H3. The SMILES string of the molecule is Cc1cccc2c(C(=O)OCC(=O)c3ccc(-c4ccccc4)cc3)cc(-c3ccc(N4C(=O)C5C6CC(C(Br)C6Br)C5C4=O)cc3)nc12. The van der Waals surface area contributed by atoms with Crippen LogP contribution in [0.4, 0.5) is 5.69 Å². The maximum absolute atomic E-state index is 13.6. The fraction of sp³-hybridized carbons (Fsp3) is 0.225. The van der Waals surface area contributed by atoms with E-state index in [2.05, 4.69) is 31.9 Å². The van der Waals surface area contributed by atoms with Crippen molar-refractivity contribution in [3.8, 4) is 22.4 Å². The van der Waals surface area contributed by atoms with E-state index in [9.17, 15) is 19.2 Å². The van der Waals surface area contributed by atoms with Gasteiger partial charge >= 0.3 is 5.97 Å². The number of ether oxygens (including phenoxy) is 1. The average molecular weight is 778 g/mol. The first-order valence-electron chi connectivity index (χ1n) is 16.2. The number of hydrogen-bond acceptors (Lipinski definition) is 6. The van der Waals surface area contributed by atoms with Crippen molar-refractivity contribution in [1.29, 1.82) is 0 Å². The fourth-order valence-electron chi connectivity index (χ4n) is 7.86. The molecule has 244 valence electrons. The lowest BCUT2D eigenvalue weighted by Crippen LogP contribution is -2.37. The van der Waals surface area contributed by atoms with E-state index in [0.29, 0.717) is 39.0 Å². The van der Waals surface area contributed by atoms with Crippen LogP contribution in [0, 0.1) is 30.6 Å². The number of rotatable bonds is 7. The zero-order valence-corrected chi connectivity index (χ0v) is 29.6.